The molecule has 3 rings (SSSR count). The number of halogens is 3. The Balaban J connectivity index is 2.05. The molecule has 0 amide bonds. The normalized spacial score (nSPS) is 12.4. The van der Waals surface area contributed by atoms with E-state index in [0.717, 1.165) is 24.3 Å². The smallest absolute Gasteiger partial charge is 0.416 e. The number of aromatic amines is 1. The first kappa shape index (κ1) is 17.5. The molecule has 2 aromatic carbocycles. The van der Waals surface area contributed by atoms with Gasteiger partial charge in [-0.3, -0.25) is 4.79 Å². The number of alkyl halides is 3. The van der Waals surface area contributed by atoms with Crippen LogP contribution < -0.4 is 10.3 Å². The lowest BCUT2D eigenvalue weighted by atomic mass is 10.1. The lowest BCUT2D eigenvalue weighted by Gasteiger charge is -2.07. The average Bonchev–Trinajstić information content (AvgIpc) is 2.61. The number of methoxy groups -OCH3 is 1. The van der Waals surface area contributed by atoms with E-state index < -0.39 is 17.3 Å². The summed E-state index contributed by atoms with van der Waals surface area (Å²) in [6, 6.07) is 9.39. The summed E-state index contributed by atoms with van der Waals surface area (Å²) in [4.78, 5) is 18.5. The first-order valence-corrected chi connectivity index (χ1v) is 7.44. The van der Waals surface area contributed by atoms with Crippen LogP contribution in [0, 0.1) is 0 Å². The van der Waals surface area contributed by atoms with Crippen molar-refractivity contribution in [2.24, 2.45) is 0 Å². The fourth-order valence-electron chi connectivity index (χ4n) is 2.37. The Labute approximate surface area is 145 Å². The largest absolute Gasteiger partial charge is 0.507 e. The van der Waals surface area contributed by atoms with Crippen molar-refractivity contribution in [3.8, 4) is 5.75 Å². The molecule has 0 aliphatic rings. The van der Waals surface area contributed by atoms with Crippen LogP contribution in [-0.2, 0) is 6.18 Å². The fraction of sp³-hybridized carbons (Fsp3) is 0.111. The van der Waals surface area contributed by atoms with Gasteiger partial charge in [-0.05, 0) is 30.3 Å². The van der Waals surface area contributed by atoms with Gasteiger partial charge in [0.15, 0.2) is 0 Å². The molecule has 5 nitrogen and oxygen atoms in total. The third kappa shape index (κ3) is 3.53. The minimum Gasteiger partial charge on any atom is -0.507 e. The molecule has 3 aromatic rings. The molecule has 1 heterocycles. The van der Waals surface area contributed by atoms with Gasteiger partial charge in [-0.15, -0.1) is 0 Å². The Hall–Kier alpha value is -3.29. The van der Waals surface area contributed by atoms with Gasteiger partial charge >= 0.3 is 6.18 Å². The molecular formula is C18H13F3N2O3. The van der Waals surface area contributed by atoms with Gasteiger partial charge in [-0.1, -0.05) is 12.1 Å². The highest BCUT2D eigenvalue weighted by molar-refractivity contribution is 5.80. The lowest BCUT2D eigenvalue weighted by Crippen LogP contribution is -2.13. The molecule has 0 radical (unpaired) electrons. The second kappa shape index (κ2) is 6.55. The van der Waals surface area contributed by atoms with Crippen LogP contribution in [0.3, 0.4) is 0 Å². The van der Waals surface area contributed by atoms with Crippen LogP contribution in [0.4, 0.5) is 13.2 Å². The number of fused-ring (bicyclic) bond motifs is 1. The fourth-order valence-corrected chi connectivity index (χ4v) is 2.37. The molecule has 0 bridgehead atoms. The zero-order valence-electron chi connectivity index (χ0n) is 13.5. The number of nitrogens with one attached hydrogen (secondary N) is 1. The van der Waals surface area contributed by atoms with E-state index in [2.05, 4.69) is 9.97 Å². The van der Waals surface area contributed by atoms with E-state index in [4.69, 9.17) is 4.74 Å². The van der Waals surface area contributed by atoms with Crippen molar-refractivity contribution in [3.05, 3.63) is 69.6 Å². The highest BCUT2D eigenvalue weighted by Crippen LogP contribution is 2.30. The molecule has 0 saturated heterocycles. The number of aliphatic hydroxyl groups is 1. The van der Waals surface area contributed by atoms with Gasteiger partial charge in [0.2, 0.25) is 0 Å². The Morgan fingerprint density at radius 3 is 2.69 bits per heavy atom. The summed E-state index contributed by atoms with van der Waals surface area (Å²) in [5, 5.41) is 10.2. The minimum absolute atomic E-state index is 0.0390. The van der Waals surface area contributed by atoms with Crippen LogP contribution >= 0.6 is 0 Å². The molecule has 0 spiro atoms. The SMILES string of the molecule is COc1cccc(C(O)=Cc2nc3ccc(C(F)(F)F)cc3[nH]c2=O)c1. The van der Waals surface area contributed by atoms with Gasteiger partial charge in [0.25, 0.3) is 5.56 Å². The zero-order valence-corrected chi connectivity index (χ0v) is 13.5. The number of hydrogen-bond donors (Lipinski definition) is 2. The second-order valence-electron chi connectivity index (χ2n) is 5.44. The predicted molar refractivity (Wildman–Crippen MR) is 90.9 cm³/mol. The first-order valence-electron chi connectivity index (χ1n) is 7.44. The van der Waals surface area contributed by atoms with Gasteiger partial charge in [0.05, 0.1) is 23.7 Å². The Bertz CT molecular complexity index is 1060. The molecule has 0 saturated carbocycles. The van der Waals surface area contributed by atoms with E-state index in [1.54, 1.807) is 24.3 Å². The molecule has 134 valence electrons. The summed E-state index contributed by atoms with van der Waals surface area (Å²) in [5.74, 6) is 0.288. The van der Waals surface area contributed by atoms with Crippen molar-refractivity contribution >= 4 is 22.9 Å². The molecule has 0 atom stereocenters. The van der Waals surface area contributed by atoms with E-state index in [-0.39, 0.29) is 22.5 Å². The number of aliphatic hydroxyl groups excluding tert-OH is 1. The minimum atomic E-state index is -4.52. The van der Waals surface area contributed by atoms with Crippen LogP contribution in [-0.4, -0.2) is 22.2 Å². The molecule has 0 aliphatic heterocycles. The number of nitrogens with zero attached hydrogens (tertiary/aromatic N) is 1. The van der Waals surface area contributed by atoms with Crippen LogP contribution in [0.15, 0.2) is 47.3 Å². The van der Waals surface area contributed by atoms with E-state index in [0.29, 0.717) is 11.3 Å². The number of ether oxygens (including phenoxy) is 1. The quantitative estimate of drug-likeness (QED) is 0.691. The van der Waals surface area contributed by atoms with Crippen molar-refractivity contribution < 1.29 is 23.0 Å². The summed E-state index contributed by atoms with van der Waals surface area (Å²) >= 11 is 0. The third-order valence-corrected chi connectivity index (χ3v) is 3.68. The van der Waals surface area contributed by atoms with Gasteiger partial charge in [-0.25, -0.2) is 4.98 Å². The second-order valence-corrected chi connectivity index (χ2v) is 5.44. The predicted octanol–water partition coefficient (Wildman–Crippen LogP) is 4.01. The molecular weight excluding hydrogens is 349 g/mol. The van der Waals surface area contributed by atoms with Gasteiger partial charge < -0.3 is 14.8 Å². The molecule has 26 heavy (non-hydrogen) atoms. The Morgan fingerprint density at radius 1 is 1.23 bits per heavy atom. The summed E-state index contributed by atoms with van der Waals surface area (Å²) in [5.41, 5.74) is -1.20. The van der Waals surface area contributed by atoms with Gasteiger partial charge in [-0.2, -0.15) is 13.2 Å². The summed E-state index contributed by atoms with van der Waals surface area (Å²) in [7, 11) is 1.48. The number of hydrogen-bond acceptors (Lipinski definition) is 4. The molecule has 1 aromatic heterocycles. The van der Waals surface area contributed by atoms with Gasteiger partial charge in [0, 0.05) is 11.6 Å². The van der Waals surface area contributed by atoms with Crippen LogP contribution in [0.1, 0.15) is 16.8 Å². The average molecular weight is 362 g/mol. The molecule has 0 fully saturated rings. The maximum absolute atomic E-state index is 12.8. The summed E-state index contributed by atoms with van der Waals surface area (Å²) in [6.07, 6.45) is -3.38. The lowest BCUT2D eigenvalue weighted by molar-refractivity contribution is -0.137. The molecule has 2 N–H and O–H groups in total. The summed E-state index contributed by atoms with van der Waals surface area (Å²) < 4.78 is 43.3. The topological polar surface area (TPSA) is 75.2 Å². The molecule has 8 heteroatoms. The number of H-pyrrole nitrogens is 1. The monoisotopic (exact) mass is 362 g/mol. The van der Waals surface area contributed by atoms with Crippen LogP contribution in [0.2, 0.25) is 0 Å². The van der Waals surface area contributed by atoms with Gasteiger partial charge in [0.1, 0.15) is 17.2 Å². The third-order valence-electron chi connectivity index (χ3n) is 3.68. The molecule has 0 aliphatic carbocycles. The maximum atomic E-state index is 12.8. The number of rotatable bonds is 3. The standard InChI is InChI=1S/C18H13F3N2O3/c1-26-12-4-2-3-10(7-12)16(24)9-15-17(25)23-14-8-11(18(19,20)21)5-6-13(14)22-15/h2-9,24H,1H3,(H,23,25). The van der Waals surface area contributed by atoms with Crippen molar-refractivity contribution in [2.75, 3.05) is 7.11 Å². The Morgan fingerprint density at radius 2 is 2.00 bits per heavy atom. The number of aromatic nitrogens is 2. The van der Waals surface area contributed by atoms with E-state index in [1.165, 1.54) is 7.11 Å². The van der Waals surface area contributed by atoms with Crippen molar-refractivity contribution in [2.45, 2.75) is 6.18 Å². The van der Waals surface area contributed by atoms with Crippen molar-refractivity contribution in [1.29, 1.82) is 0 Å². The number of benzene rings is 2. The highest BCUT2D eigenvalue weighted by atomic mass is 19.4. The van der Waals surface area contributed by atoms with E-state index in [1.807, 2.05) is 0 Å². The van der Waals surface area contributed by atoms with E-state index in [9.17, 15) is 23.1 Å². The summed E-state index contributed by atoms with van der Waals surface area (Å²) in [6.45, 7) is 0. The maximum Gasteiger partial charge on any atom is 0.416 e. The van der Waals surface area contributed by atoms with Crippen LogP contribution in [0.25, 0.3) is 22.9 Å². The Kier molecular flexibility index (Phi) is 4.41. The first-order chi connectivity index (χ1) is 12.3. The van der Waals surface area contributed by atoms with Crippen molar-refractivity contribution in [1.82, 2.24) is 9.97 Å². The van der Waals surface area contributed by atoms with Crippen LogP contribution in [0.5, 0.6) is 5.75 Å². The zero-order chi connectivity index (χ0) is 18.9. The van der Waals surface area contributed by atoms with Crippen molar-refractivity contribution in [3.63, 3.8) is 0 Å². The highest BCUT2D eigenvalue weighted by Gasteiger charge is 2.30. The molecule has 0 unspecified atom stereocenters. The van der Waals surface area contributed by atoms with E-state index >= 15 is 0 Å².